The number of amides is 1. The molecule has 1 saturated heterocycles. The molecule has 0 aromatic heterocycles. The summed E-state index contributed by atoms with van der Waals surface area (Å²) in [4.78, 5) is 28.8. The zero-order valence-electron chi connectivity index (χ0n) is 23.2. The van der Waals surface area contributed by atoms with Gasteiger partial charge in [-0.15, -0.1) is 0 Å². The zero-order valence-corrected chi connectivity index (χ0v) is 23.9. The number of hydrogen-bond acceptors (Lipinski definition) is 8. The number of carbonyl (C=O) groups is 2. The van der Waals surface area contributed by atoms with Crippen molar-refractivity contribution in [3.05, 3.63) is 70.0 Å². The van der Waals surface area contributed by atoms with E-state index < -0.39 is 11.8 Å². The lowest BCUT2D eigenvalue weighted by Gasteiger charge is -2.32. The summed E-state index contributed by atoms with van der Waals surface area (Å²) in [6, 6.07) is 10.9. The zero-order chi connectivity index (χ0) is 29.8. The van der Waals surface area contributed by atoms with Crippen LogP contribution in [-0.2, 0) is 16.0 Å². The van der Waals surface area contributed by atoms with E-state index in [9.17, 15) is 14.7 Å². The number of halogens is 2. The third-order valence-corrected chi connectivity index (χ3v) is 7.41. The Morgan fingerprint density at radius 1 is 1.02 bits per heavy atom. The molecule has 10 nitrogen and oxygen atoms in total. The van der Waals surface area contributed by atoms with Crippen LogP contribution < -0.4 is 19.1 Å². The van der Waals surface area contributed by atoms with Crippen molar-refractivity contribution in [2.24, 2.45) is 0 Å². The minimum atomic E-state index is -1.22. The number of ether oxygens (including phenoxy) is 5. The highest BCUT2D eigenvalue weighted by Gasteiger charge is 2.29. The van der Waals surface area contributed by atoms with Gasteiger partial charge in [-0.05, 0) is 18.2 Å². The number of aromatic carboxylic acids is 1. The molecule has 2 heterocycles. The standard InChI is InChI=1S/C30H30ClFN2O8/c1-38-10-11-41-27-15-23(31)21(14-26(27)39-2)29(35)34-16-18-4-3-5-19(28(18)42-17-34)20-13-25(33-6-8-40-9-7-33)22(30(36)37)12-24(20)32/h3-5,12-15H,6-11,16-17H2,1-2H3,(H,36,37). The third-order valence-electron chi connectivity index (χ3n) is 7.10. The minimum absolute atomic E-state index is 0.112. The SMILES string of the molecule is COCCOc1cc(Cl)c(C(=O)N2COc3c(cccc3-c3cc(N4CCOCC4)c(C(=O)O)cc3F)C2)cc1OC. The topological polar surface area (TPSA) is 107 Å². The summed E-state index contributed by atoms with van der Waals surface area (Å²) in [7, 11) is 3.03. The van der Waals surface area contributed by atoms with Gasteiger partial charge in [0.1, 0.15) is 18.2 Å². The van der Waals surface area contributed by atoms with Crippen LogP contribution in [0.5, 0.6) is 17.2 Å². The molecular formula is C30H30ClFN2O8. The second-order valence-electron chi connectivity index (χ2n) is 9.65. The van der Waals surface area contributed by atoms with Gasteiger partial charge in [-0.25, -0.2) is 9.18 Å². The van der Waals surface area contributed by atoms with Crippen molar-refractivity contribution in [2.75, 3.05) is 65.4 Å². The highest BCUT2D eigenvalue weighted by Crippen LogP contribution is 2.41. The van der Waals surface area contributed by atoms with Crippen LogP contribution in [0.1, 0.15) is 26.3 Å². The van der Waals surface area contributed by atoms with Crippen molar-refractivity contribution in [1.82, 2.24) is 4.90 Å². The quantitative estimate of drug-likeness (QED) is 0.350. The Morgan fingerprint density at radius 2 is 1.81 bits per heavy atom. The monoisotopic (exact) mass is 600 g/mol. The summed E-state index contributed by atoms with van der Waals surface area (Å²) in [5.41, 5.74) is 1.81. The summed E-state index contributed by atoms with van der Waals surface area (Å²) in [5.74, 6) is -1.14. The first-order valence-corrected chi connectivity index (χ1v) is 13.6. The fourth-order valence-electron chi connectivity index (χ4n) is 5.00. The van der Waals surface area contributed by atoms with Gasteiger partial charge in [0.25, 0.3) is 5.91 Å². The average Bonchev–Trinajstić information content (AvgIpc) is 3.00. The Kier molecular flexibility index (Phi) is 9.00. The lowest BCUT2D eigenvalue weighted by Crippen LogP contribution is -2.37. The fraction of sp³-hybridized carbons (Fsp3) is 0.333. The van der Waals surface area contributed by atoms with Crippen molar-refractivity contribution >= 4 is 29.2 Å². The van der Waals surface area contributed by atoms with Crippen LogP contribution in [0.2, 0.25) is 5.02 Å². The first-order chi connectivity index (χ1) is 20.3. The van der Waals surface area contributed by atoms with E-state index in [-0.39, 0.29) is 47.5 Å². The van der Waals surface area contributed by atoms with E-state index in [4.69, 9.17) is 35.3 Å². The van der Waals surface area contributed by atoms with Gasteiger partial charge in [-0.1, -0.05) is 29.8 Å². The predicted molar refractivity (Wildman–Crippen MR) is 153 cm³/mol. The average molecular weight is 601 g/mol. The van der Waals surface area contributed by atoms with E-state index in [1.807, 2.05) is 4.90 Å². The van der Waals surface area contributed by atoms with Crippen molar-refractivity contribution in [2.45, 2.75) is 6.54 Å². The molecule has 42 heavy (non-hydrogen) atoms. The number of rotatable bonds is 9. The van der Waals surface area contributed by atoms with Crippen LogP contribution >= 0.6 is 11.6 Å². The van der Waals surface area contributed by atoms with Crippen LogP contribution in [-0.4, -0.2) is 82.4 Å². The maximum absolute atomic E-state index is 15.4. The summed E-state index contributed by atoms with van der Waals surface area (Å²) in [5, 5.41) is 9.93. The molecule has 3 aromatic carbocycles. The summed E-state index contributed by atoms with van der Waals surface area (Å²) < 4.78 is 42.9. The van der Waals surface area contributed by atoms with Gasteiger partial charge in [0.05, 0.1) is 55.3 Å². The number of methoxy groups -OCH3 is 2. The molecule has 0 radical (unpaired) electrons. The number of carbonyl (C=O) groups excluding carboxylic acids is 1. The lowest BCUT2D eigenvalue weighted by molar-refractivity contribution is 0.0515. The highest BCUT2D eigenvalue weighted by molar-refractivity contribution is 6.34. The molecule has 0 bridgehead atoms. The van der Waals surface area contributed by atoms with Gasteiger partial charge < -0.3 is 38.6 Å². The van der Waals surface area contributed by atoms with Gasteiger partial charge >= 0.3 is 5.97 Å². The van der Waals surface area contributed by atoms with Crippen molar-refractivity contribution < 1.29 is 42.8 Å². The maximum atomic E-state index is 15.4. The number of para-hydroxylation sites is 1. The number of hydrogen-bond donors (Lipinski definition) is 1. The van der Waals surface area contributed by atoms with Crippen molar-refractivity contribution in [3.63, 3.8) is 0 Å². The summed E-state index contributed by atoms with van der Waals surface area (Å²) in [6.07, 6.45) is 0. The molecule has 0 aliphatic carbocycles. The largest absolute Gasteiger partial charge is 0.493 e. The second-order valence-corrected chi connectivity index (χ2v) is 10.1. The molecule has 2 aliphatic heterocycles. The van der Waals surface area contributed by atoms with Crippen LogP contribution in [0.3, 0.4) is 0 Å². The highest BCUT2D eigenvalue weighted by atomic mass is 35.5. The normalized spacial score (nSPS) is 14.7. The predicted octanol–water partition coefficient (Wildman–Crippen LogP) is 4.71. The molecule has 1 fully saturated rings. The van der Waals surface area contributed by atoms with Crippen LogP contribution in [0.4, 0.5) is 10.1 Å². The van der Waals surface area contributed by atoms with Crippen LogP contribution in [0.15, 0.2) is 42.5 Å². The summed E-state index contributed by atoms with van der Waals surface area (Å²) in [6.45, 7) is 2.58. The Morgan fingerprint density at radius 3 is 2.52 bits per heavy atom. The second kappa shape index (κ2) is 12.8. The van der Waals surface area contributed by atoms with E-state index in [2.05, 4.69) is 0 Å². The Labute approximate surface area is 247 Å². The molecule has 222 valence electrons. The maximum Gasteiger partial charge on any atom is 0.337 e. The summed E-state index contributed by atoms with van der Waals surface area (Å²) >= 11 is 6.47. The van der Waals surface area contributed by atoms with Gasteiger partial charge in [-0.2, -0.15) is 0 Å². The van der Waals surface area contributed by atoms with E-state index in [0.717, 1.165) is 6.07 Å². The van der Waals surface area contributed by atoms with Gasteiger partial charge in [0.2, 0.25) is 0 Å². The van der Waals surface area contributed by atoms with Gasteiger partial charge in [-0.3, -0.25) is 4.79 Å². The number of fused-ring (bicyclic) bond motifs is 1. The molecule has 0 saturated carbocycles. The van der Waals surface area contributed by atoms with Crippen molar-refractivity contribution in [1.29, 1.82) is 0 Å². The molecule has 0 unspecified atom stereocenters. The Bertz CT molecular complexity index is 1490. The van der Waals surface area contributed by atoms with Crippen LogP contribution in [0.25, 0.3) is 11.1 Å². The molecule has 3 aromatic rings. The fourth-order valence-corrected chi connectivity index (χ4v) is 5.23. The molecule has 1 N–H and O–H groups in total. The van der Waals surface area contributed by atoms with Crippen LogP contribution in [0, 0.1) is 5.82 Å². The molecule has 2 aliphatic rings. The molecule has 0 spiro atoms. The van der Waals surface area contributed by atoms with Crippen molar-refractivity contribution in [3.8, 4) is 28.4 Å². The number of carboxylic acid groups (broad SMARTS) is 1. The van der Waals surface area contributed by atoms with E-state index in [1.165, 1.54) is 24.1 Å². The number of nitrogens with zero attached hydrogens (tertiary/aromatic N) is 2. The molecule has 0 atom stereocenters. The van der Waals surface area contributed by atoms with E-state index >= 15 is 4.39 Å². The number of morpholine rings is 1. The first kappa shape index (κ1) is 29.4. The molecule has 1 amide bonds. The Hall–Kier alpha value is -4.06. The van der Waals surface area contributed by atoms with Gasteiger partial charge in [0, 0.05) is 43.0 Å². The third kappa shape index (κ3) is 5.94. The molecular weight excluding hydrogens is 571 g/mol. The minimum Gasteiger partial charge on any atom is -0.493 e. The van der Waals surface area contributed by atoms with E-state index in [0.29, 0.717) is 67.0 Å². The number of benzene rings is 3. The number of carboxylic acids is 1. The lowest BCUT2D eigenvalue weighted by atomic mass is 9.97. The Balaban J connectivity index is 1.43. The smallest absolute Gasteiger partial charge is 0.337 e. The van der Waals surface area contributed by atoms with E-state index in [1.54, 1.807) is 31.4 Å². The molecule has 5 rings (SSSR count). The first-order valence-electron chi connectivity index (χ1n) is 13.3. The van der Waals surface area contributed by atoms with Gasteiger partial charge in [0.15, 0.2) is 18.2 Å². The number of anilines is 1. The molecule has 12 heteroatoms.